The van der Waals surface area contributed by atoms with E-state index in [0.29, 0.717) is 28.6 Å². The van der Waals surface area contributed by atoms with Crippen molar-refractivity contribution >= 4 is 32.8 Å². The molecule has 0 bridgehead atoms. The molecule has 2 fully saturated rings. The second kappa shape index (κ2) is 10.9. The number of hydrogen-bond donors (Lipinski definition) is 1. The van der Waals surface area contributed by atoms with Gasteiger partial charge in [-0.2, -0.15) is 0 Å². The maximum Gasteiger partial charge on any atom is 0.420 e. The van der Waals surface area contributed by atoms with Gasteiger partial charge < -0.3 is 9.64 Å². The number of carbonyl (C=O) groups is 1. The highest BCUT2D eigenvalue weighted by Crippen LogP contribution is 2.37. The molecule has 2 aromatic carbocycles. The van der Waals surface area contributed by atoms with Gasteiger partial charge in [0.1, 0.15) is 11.4 Å². The number of hydrogen-bond acceptors (Lipinski definition) is 7. The van der Waals surface area contributed by atoms with Crippen LogP contribution in [-0.4, -0.2) is 78.7 Å². The third-order valence-corrected chi connectivity index (χ3v) is 9.08. The SMILES string of the molecule is CN1CCN(C2CCC(c3nc4ccc(NS(=O)(=O)c5ccccc5)cc4n3C(=O)OC(C)(C)C)CC2)CC1. The molecule has 5 rings (SSSR count). The van der Waals surface area contributed by atoms with E-state index in [1.807, 2.05) is 20.8 Å². The van der Waals surface area contributed by atoms with Gasteiger partial charge in [-0.25, -0.2) is 22.8 Å². The number of imidazole rings is 1. The average Bonchev–Trinajstić information content (AvgIpc) is 3.28. The fraction of sp³-hybridized carbons (Fsp3) is 0.517. The van der Waals surface area contributed by atoms with Crippen LogP contribution in [0.4, 0.5) is 10.5 Å². The Kier molecular flexibility index (Phi) is 7.72. The summed E-state index contributed by atoms with van der Waals surface area (Å²) in [5.74, 6) is 0.817. The Morgan fingerprint density at radius 2 is 1.64 bits per heavy atom. The fourth-order valence-electron chi connectivity index (χ4n) is 5.63. The van der Waals surface area contributed by atoms with Crippen LogP contribution in [0.25, 0.3) is 11.0 Å². The fourth-order valence-corrected chi connectivity index (χ4v) is 6.70. The Bertz CT molecular complexity index is 1420. The molecule has 1 N–H and O–H groups in total. The average molecular weight is 554 g/mol. The normalized spacial score (nSPS) is 21.6. The highest BCUT2D eigenvalue weighted by Gasteiger charge is 2.33. The zero-order valence-electron chi connectivity index (χ0n) is 23.3. The Morgan fingerprint density at radius 1 is 0.974 bits per heavy atom. The van der Waals surface area contributed by atoms with E-state index in [1.54, 1.807) is 53.1 Å². The van der Waals surface area contributed by atoms with Gasteiger partial charge in [-0.05, 0) is 83.8 Å². The Morgan fingerprint density at radius 3 is 2.28 bits per heavy atom. The van der Waals surface area contributed by atoms with Gasteiger partial charge in [-0.15, -0.1) is 0 Å². The topological polar surface area (TPSA) is 96.8 Å². The van der Waals surface area contributed by atoms with Crippen molar-refractivity contribution in [2.24, 2.45) is 0 Å². The smallest absolute Gasteiger partial charge is 0.420 e. The number of likely N-dealkylation sites (N-methyl/N-ethyl adjacent to an activating group) is 1. The van der Waals surface area contributed by atoms with Crippen molar-refractivity contribution in [3.8, 4) is 0 Å². The third-order valence-electron chi connectivity index (χ3n) is 7.68. The summed E-state index contributed by atoms with van der Waals surface area (Å²) in [5, 5.41) is 0. The summed E-state index contributed by atoms with van der Waals surface area (Å²) in [6.45, 7) is 9.92. The number of carbonyl (C=O) groups excluding carboxylic acids is 1. The van der Waals surface area contributed by atoms with E-state index in [2.05, 4.69) is 21.6 Å². The molecule has 10 heteroatoms. The molecule has 0 atom stereocenters. The van der Waals surface area contributed by atoms with Crippen LogP contribution in [-0.2, 0) is 14.8 Å². The van der Waals surface area contributed by atoms with Gasteiger partial charge in [0.05, 0.1) is 21.6 Å². The van der Waals surface area contributed by atoms with Gasteiger partial charge in [0.2, 0.25) is 0 Å². The molecule has 1 aromatic heterocycles. The van der Waals surface area contributed by atoms with Gasteiger partial charge in [-0.3, -0.25) is 9.62 Å². The van der Waals surface area contributed by atoms with Crippen LogP contribution in [0.1, 0.15) is 58.2 Å². The molecule has 39 heavy (non-hydrogen) atoms. The standard InChI is InChI=1S/C29H39N5O4S/c1-29(2,3)38-28(35)34-26-20-22(31-39(36,37)24-8-6-5-7-9-24)12-15-25(26)30-27(34)21-10-13-23(14-11-21)33-18-16-32(4)17-19-33/h5-9,12,15,20-21,23,31H,10-11,13-14,16-19H2,1-4H3. The lowest BCUT2D eigenvalue weighted by Gasteiger charge is -2.41. The number of anilines is 1. The highest BCUT2D eigenvalue weighted by molar-refractivity contribution is 7.92. The molecule has 0 spiro atoms. The van der Waals surface area contributed by atoms with Gasteiger partial charge in [0.25, 0.3) is 10.0 Å². The van der Waals surface area contributed by atoms with E-state index >= 15 is 0 Å². The van der Waals surface area contributed by atoms with Crippen molar-refractivity contribution < 1.29 is 17.9 Å². The van der Waals surface area contributed by atoms with Crippen molar-refractivity contribution in [1.29, 1.82) is 0 Å². The lowest BCUT2D eigenvalue weighted by molar-refractivity contribution is 0.0532. The van der Waals surface area contributed by atoms with Crippen molar-refractivity contribution in [2.45, 2.75) is 68.9 Å². The van der Waals surface area contributed by atoms with E-state index in [9.17, 15) is 13.2 Å². The second-order valence-corrected chi connectivity index (χ2v) is 13.4. The van der Waals surface area contributed by atoms with E-state index in [-0.39, 0.29) is 10.8 Å². The van der Waals surface area contributed by atoms with Crippen molar-refractivity contribution in [2.75, 3.05) is 37.9 Å². The van der Waals surface area contributed by atoms with Crippen LogP contribution in [0.15, 0.2) is 53.4 Å². The van der Waals surface area contributed by atoms with E-state index in [4.69, 9.17) is 9.72 Å². The lowest BCUT2D eigenvalue weighted by Crippen LogP contribution is -2.49. The molecule has 0 radical (unpaired) electrons. The van der Waals surface area contributed by atoms with Gasteiger partial charge in [0, 0.05) is 38.1 Å². The van der Waals surface area contributed by atoms with Crippen LogP contribution < -0.4 is 4.72 Å². The van der Waals surface area contributed by atoms with Crippen molar-refractivity contribution in [3.05, 3.63) is 54.4 Å². The number of aromatic nitrogens is 2. The van der Waals surface area contributed by atoms with Gasteiger partial charge >= 0.3 is 6.09 Å². The van der Waals surface area contributed by atoms with Crippen LogP contribution >= 0.6 is 0 Å². The van der Waals surface area contributed by atoms with Gasteiger partial charge in [-0.1, -0.05) is 18.2 Å². The van der Waals surface area contributed by atoms with E-state index in [0.717, 1.165) is 51.9 Å². The maximum atomic E-state index is 13.5. The Labute approximate surface area is 231 Å². The maximum absolute atomic E-state index is 13.5. The minimum Gasteiger partial charge on any atom is -0.443 e. The summed E-state index contributed by atoms with van der Waals surface area (Å²) in [6.07, 6.45) is 3.51. The Balaban J connectivity index is 1.44. The van der Waals surface area contributed by atoms with E-state index in [1.165, 1.54) is 0 Å². The molecule has 1 aliphatic carbocycles. The predicted octanol–water partition coefficient (Wildman–Crippen LogP) is 4.89. The summed E-state index contributed by atoms with van der Waals surface area (Å²) in [4.78, 5) is 23.6. The molecule has 1 aliphatic heterocycles. The number of piperazine rings is 1. The molecule has 0 unspecified atom stereocenters. The first-order valence-electron chi connectivity index (χ1n) is 13.8. The van der Waals surface area contributed by atoms with E-state index < -0.39 is 21.7 Å². The summed E-state index contributed by atoms with van der Waals surface area (Å²) >= 11 is 0. The first-order valence-corrected chi connectivity index (χ1v) is 15.2. The molecule has 0 amide bonds. The summed E-state index contributed by atoms with van der Waals surface area (Å²) in [6, 6.07) is 13.9. The molecule has 2 heterocycles. The van der Waals surface area contributed by atoms with Crippen molar-refractivity contribution in [1.82, 2.24) is 19.4 Å². The third kappa shape index (κ3) is 6.28. The monoisotopic (exact) mass is 553 g/mol. The molecular weight excluding hydrogens is 514 g/mol. The molecule has 1 saturated heterocycles. The first-order chi connectivity index (χ1) is 18.5. The summed E-state index contributed by atoms with van der Waals surface area (Å²) in [7, 11) is -1.61. The van der Waals surface area contributed by atoms with Crippen LogP contribution in [0, 0.1) is 0 Å². The molecule has 2 aliphatic rings. The number of benzene rings is 2. The lowest BCUT2D eigenvalue weighted by atomic mass is 9.84. The summed E-state index contributed by atoms with van der Waals surface area (Å²) in [5.41, 5.74) is 0.853. The largest absolute Gasteiger partial charge is 0.443 e. The number of nitrogens with one attached hydrogen (secondary N) is 1. The quantitative estimate of drug-likeness (QED) is 0.480. The number of sulfonamides is 1. The molecule has 3 aromatic rings. The molecule has 9 nitrogen and oxygen atoms in total. The minimum absolute atomic E-state index is 0.123. The Hall–Kier alpha value is -2.95. The first kappa shape index (κ1) is 27.6. The molecule has 1 saturated carbocycles. The number of rotatable bonds is 5. The second-order valence-electron chi connectivity index (χ2n) is 11.8. The summed E-state index contributed by atoms with van der Waals surface area (Å²) < 4.78 is 35.9. The molecular formula is C29H39N5O4S. The number of ether oxygens (including phenoxy) is 1. The van der Waals surface area contributed by atoms with Crippen LogP contribution in [0.3, 0.4) is 0 Å². The zero-order chi connectivity index (χ0) is 27.8. The van der Waals surface area contributed by atoms with Crippen LogP contribution in [0.2, 0.25) is 0 Å². The number of nitrogens with zero attached hydrogens (tertiary/aromatic N) is 4. The van der Waals surface area contributed by atoms with Gasteiger partial charge in [0.15, 0.2) is 0 Å². The highest BCUT2D eigenvalue weighted by atomic mass is 32.2. The van der Waals surface area contributed by atoms with Crippen molar-refractivity contribution in [3.63, 3.8) is 0 Å². The predicted molar refractivity (Wildman–Crippen MR) is 153 cm³/mol. The van der Waals surface area contributed by atoms with Crippen LogP contribution in [0.5, 0.6) is 0 Å². The number of fused-ring (bicyclic) bond motifs is 1. The minimum atomic E-state index is -3.78. The zero-order valence-corrected chi connectivity index (χ0v) is 24.1. The molecule has 210 valence electrons.